The van der Waals surface area contributed by atoms with Gasteiger partial charge in [0.15, 0.2) is 11.5 Å². The molecule has 1 aliphatic rings. The van der Waals surface area contributed by atoms with Crippen LogP contribution in [0.4, 0.5) is 0 Å². The lowest BCUT2D eigenvalue weighted by molar-refractivity contribution is -0.937. The van der Waals surface area contributed by atoms with Crippen LogP contribution in [0.25, 0.3) is 0 Å². The number of pyridine rings is 1. The molecule has 0 radical (unpaired) electrons. The Labute approximate surface area is 180 Å². The standard InChI is InChI=1S/C24H26BrN2O2/c1-27(15-19-8-9-24(25)26-14-19)11-10-20-12-22(28-2)23(13-21(20)16-27)29-17-18-6-4-3-5-7-18/h3-9,12-14H,10-11,15-17H2,1-2H3/q+1. The maximum atomic E-state index is 6.13. The number of hydrogen-bond acceptors (Lipinski definition) is 3. The molecule has 0 spiro atoms. The Hall–Kier alpha value is -2.37. The number of quaternary nitrogens is 1. The van der Waals surface area contributed by atoms with Crippen molar-refractivity contribution in [3.63, 3.8) is 0 Å². The predicted octanol–water partition coefficient (Wildman–Crippen LogP) is 5.13. The van der Waals surface area contributed by atoms with Crippen molar-refractivity contribution in [2.24, 2.45) is 0 Å². The van der Waals surface area contributed by atoms with Gasteiger partial charge in [-0.3, -0.25) is 0 Å². The molecule has 0 saturated carbocycles. The molecular formula is C24H26BrN2O2+. The maximum Gasteiger partial charge on any atom is 0.162 e. The smallest absolute Gasteiger partial charge is 0.162 e. The lowest BCUT2D eigenvalue weighted by Crippen LogP contribution is -2.46. The second-order valence-corrected chi connectivity index (χ2v) is 8.76. The summed E-state index contributed by atoms with van der Waals surface area (Å²) in [6.07, 6.45) is 3.00. The fraction of sp³-hybridized carbons (Fsp3) is 0.292. The normalized spacial score (nSPS) is 18.2. The quantitative estimate of drug-likeness (QED) is 0.382. The van der Waals surface area contributed by atoms with Gasteiger partial charge in [0.2, 0.25) is 0 Å². The lowest BCUT2D eigenvalue weighted by Gasteiger charge is -2.39. The summed E-state index contributed by atoms with van der Waals surface area (Å²) < 4.78 is 13.6. The molecule has 150 valence electrons. The van der Waals surface area contributed by atoms with Gasteiger partial charge in [-0.15, -0.1) is 0 Å². The van der Waals surface area contributed by atoms with Gasteiger partial charge in [-0.25, -0.2) is 4.98 Å². The minimum Gasteiger partial charge on any atom is -0.493 e. The van der Waals surface area contributed by atoms with Crippen molar-refractivity contribution in [3.05, 3.63) is 87.7 Å². The highest BCUT2D eigenvalue weighted by molar-refractivity contribution is 9.10. The largest absolute Gasteiger partial charge is 0.493 e. The van der Waals surface area contributed by atoms with E-state index in [-0.39, 0.29) is 0 Å². The van der Waals surface area contributed by atoms with E-state index in [0.29, 0.717) is 6.61 Å². The maximum absolute atomic E-state index is 6.13. The molecule has 1 unspecified atom stereocenters. The lowest BCUT2D eigenvalue weighted by atomic mass is 9.96. The Balaban J connectivity index is 1.54. The van der Waals surface area contributed by atoms with Crippen LogP contribution < -0.4 is 9.47 Å². The summed E-state index contributed by atoms with van der Waals surface area (Å²) in [7, 11) is 4.03. The Morgan fingerprint density at radius 1 is 1.00 bits per heavy atom. The molecule has 4 nitrogen and oxygen atoms in total. The van der Waals surface area contributed by atoms with E-state index in [1.54, 1.807) is 7.11 Å². The summed E-state index contributed by atoms with van der Waals surface area (Å²) >= 11 is 3.42. The number of benzene rings is 2. The number of fused-ring (bicyclic) bond motifs is 1. The molecule has 1 aliphatic heterocycles. The first kappa shape index (κ1) is 19.9. The van der Waals surface area contributed by atoms with Gasteiger partial charge in [0.05, 0.1) is 20.7 Å². The van der Waals surface area contributed by atoms with Crippen LogP contribution in [0.2, 0.25) is 0 Å². The van der Waals surface area contributed by atoms with Crippen molar-refractivity contribution in [3.8, 4) is 11.5 Å². The molecule has 3 aromatic rings. The van der Waals surface area contributed by atoms with Gasteiger partial charge in [-0.2, -0.15) is 0 Å². The van der Waals surface area contributed by atoms with E-state index in [0.717, 1.165) is 52.2 Å². The third-order valence-corrected chi connectivity index (χ3v) is 6.02. The van der Waals surface area contributed by atoms with Crippen LogP contribution >= 0.6 is 15.9 Å². The van der Waals surface area contributed by atoms with Crippen LogP contribution in [0, 0.1) is 0 Å². The molecule has 0 aliphatic carbocycles. The van der Waals surface area contributed by atoms with Crippen LogP contribution in [0.1, 0.15) is 22.3 Å². The molecule has 1 aromatic heterocycles. The Morgan fingerprint density at radius 2 is 1.79 bits per heavy atom. The number of likely N-dealkylation sites (N-methyl/N-ethyl adjacent to an activating group) is 1. The molecule has 1 atom stereocenters. The highest BCUT2D eigenvalue weighted by Gasteiger charge is 2.30. The van der Waals surface area contributed by atoms with Gasteiger partial charge >= 0.3 is 0 Å². The van der Waals surface area contributed by atoms with Crippen molar-refractivity contribution >= 4 is 15.9 Å². The van der Waals surface area contributed by atoms with Gasteiger partial charge in [0, 0.05) is 23.7 Å². The third kappa shape index (κ3) is 4.80. The Morgan fingerprint density at radius 3 is 2.52 bits per heavy atom. The van der Waals surface area contributed by atoms with Crippen molar-refractivity contribution in [2.75, 3.05) is 20.7 Å². The fourth-order valence-corrected chi connectivity index (χ4v) is 4.22. The molecule has 0 amide bonds. The van der Waals surface area contributed by atoms with E-state index in [1.807, 2.05) is 30.5 Å². The van der Waals surface area contributed by atoms with Gasteiger partial charge in [-0.1, -0.05) is 30.3 Å². The van der Waals surface area contributed by atoms with Crippen molar-refractivity contribution < 1.29 is 14.0 Å². The van der Waals surface area contributed by atoms with Crippen molar-refractivity contribution in [1.29, 1.82) is 0 Å². The van der Waals surface area contributed by atoms with Crippen LogP contribution in [-0.4, -0.2) is 30.2 Å². The van der Waals surface area contributed by atoms with Gasteiger partial charge < -0.3 is 14.0 Å². The van der Waals surface area contributed by atoms with E-state index in [9.17, 15) is 0 Å². The fourth-order valence-electron chi connectivity index (χ4n) is 3.99. The van der Waals surface area contributed by atoms with E-state index in [2.05, 4.69) is 58.3 Å². The summed E-state index contributed by atoms with van der Waals surface area (Å²) in [5.41, 5.74) is 5.11. The van der Waals surface area contributed by atoms with Crippen molar-refractivity contribution in [2.45, 2.75) is 26.1 Å². The number of methoxy groups -OCH3 is 1. The van der Waals surface area contributed by atoms with Crippen LogP contribution in [0.5, 0.6) is 11.5 Å². The molecule has 29 heavy (non-hydrogen) atoms. The zero-order chi connectivity index (χ0) is 20.3. The van der Waals surface area contributed by atoms with E-state index >= 15 is 0 Å². The second kappa shape index (κ2) is 8.56. The first-order valence-electron chi connectivity index (χ1n) is 9.85. The number of rotatable bonds is 6. The summed E-state index contributed by atoms with van der Waals surface area (Å²) in [6, 6.07) is 18.7. The molecule has 0 fully saturated rings. The molecule has 0 bridgehead atoms. The topological polar surface area (TPSA) is 31.4 Å². The molecule has 0 N–H and O–H groups in total. The van der Waals surface area contributed by atoms with Gasteiger partial charge in [0.25, 0.3) is 0 Å². The predicted molar refractivity (Wildman–Crippen MR) is 118 cm³/mol. The number of halogens is 1. The number of nitrogens with zero attached hydrogens (tertiary/aromatic N) is 2. The number of ether oxygens (including phenoxy) is 2. The third-order valence-electron chi connectivity index (χ3n) is 5.55. The van der Waals surface area contributed by atoms with Gasteiger partial charge in [0.1, 0.15) is 24.3 Å². The van der Waals surface area contributed by atoms with Crippen molar-refractivity contribution in [1.82, 2.24) is 4.98 Å². The first-order chi connectivity index (χ1) is 14.0. The molecule has 0 saturated heterocycles. The summed E-state index contributed by atoms with van der Waals surface area (Å²) in [5, 5.41) is 0. The molecular weight excluding hydrogens is 428 g/mol. The molecule has 2 heterocycles. The average molecular weight is 454 g/mol. The second-order valence-electron chi connectivity index (χ2n) is 7.94. The van der Waals surface area contributed by atoms with E-state index in [1.165, 1.54) is 16.7 Å². The average Bonchev–Trinajstić information content (AvgIpc) is 2.74. The summed E-state index contributed by atoms with van der Waals surface area (Å²) in [6.45, 7) is 3.56. The zero-order valence-electron chi connectivity index (χ0n) is 16.9. The van der Waals surface area contributed by atoms with Crippen LogP contribution in [0.15, 0.2) is 65.4 Å². The van der Waals surface area contributed by atoms with E-state index < -0.39 is 0 Å². The molecule has 4 rings (SSSR count). The summed E-state index contributed by atoms with van der Waals surface area (Å²) in [5.74, 6) is 1.63. The zero-order valence-corrected chi connectivity index (χ0v) is 18.5. The monoisotopic (exact) mass is 453 g/mol. The SMILES string of the molecule is COc1cc2c(cc1OCc1ccccc1)C[N+](C)(Cc1ccc(Br)nc1)CC2. The first-order valence-corrected chi connectivity index (χ1v) is 10.6. The number of hydrogen-bond donors (Lipinski definition) is 0. The van der Waals surface area contributed by atoms with E-state index in [4.69, 9.17) is 9.47 Å². The van der Waals surface area contributed by atoms with Crippen LogP contribution in [-0.2, 0) is 26.1 Å². The highest BCUT2D eigenvalue weighted by Crippen LogP contribution is 2.36. The molecule has 2 aromatic carbocycles. The number of aromatic nitrogens is 1. The summed E-state index contributed by atoms with van der Waals surface area (Å²) in [4.78, 5) is 4.38. The minimum absolute atomic E-state index is 0.534. The minimum atomic E-state index is 0.534. The van der Waals surface area contributed by atoms with Crippen LogP contribution in [0.3, 0.4) is 0 Å². The van der Waals surface area contributed by atoms with Gasteiger partial charge in [-0.05, 0) is 51.3 Å². The Kier molecular flexibility index (Phi) is 5.88. The molecule has 5 heteroatoms. The Bertz CT molecular complexity index is 976. The highest BCUT2D eigenvalue weighted by atomic mass is 79.9.